The van der Waals surface area contributed by atoms with Gasteiger partial charge in [0, 0.05) is 18.6 Å². The molecule has 4 atom stereocenters. The molecule has 0 aromatic rings. The number of morpholine rings is 1. The highest BCUT2D eigenvalue weighted by atomic mass is 16.5. The fraction of sp³-hybridized carbons (Fsp3) is 0.929. The smallest absolute Gasteiger partial charge is 0.0594 e. The van der Waals surface area contributed by atoms with Crippen molar-refractivity contribution in [2.24, 2.45) is 17.8 Å². The Balaban J connectivity index is 1.60. The van der Waals surface area contributed by atoms with Crippen molar-refractivity contribution in [3.63, 3.8) is 0 Å². The van der Waals surface area contributed by atoms with Crippen molar-refractivity contribution in [2.75, 3.05) is 26.3 Å². The molecule has 5 aliphatic rings. The summed E-state index contributed by atoms with van der Waals surface area (Å²) in [5.41, 5.74) is 0.592. The van der Waals surface area contributed by atoms with Crippen LogP contribution in [0.4, 0.5) is 0 Å². The van der Waals surface area contributed by atoms with Crippen LogP contribution in [0.5, 0.6) is 0 Å². The molecule has 5 rings (SSSR count). The molecule has 1 saturated heterocycles. The number of hydrogen-bond donors (Lipinski definition) is 0. The van der Waals surface area contributed by atoms with Crippen LogP contribution in [-0.4, -0.2) is 36.7 Å². The Morgan fingerprint density at radius 2 is 1.69 bits per heavy atom. The summed E-state index contributed by atoms with van der Waals surface area (Å²) in [6.07, 6.45) is 10.1. The van der Waals surface area contributed by atoms with Crippen LogP contribution in [0, 0.1) is 24.2 Å². The van der Waals surface area contributed by atoms with E-state index in [4.69, 9.17) is 4.74 Å². The Morgan fingerprint density at radius 1 is 1.00 bits per heavy atom. The monoisotopic (exact) mass is 220 g/mol. The first-order valence-corrected chi connectivity index (χ1v) is 7.02. The second kappa shape index (κ2) is 3.46. The molecule has 5 fully saturated rings. The van der Waals surface area contributed by atoms with Gasteiger partial charge in [-0.1, -0.05) is 0 Å². The second-order valence-corrected chi connectivity index (χ2v) is 6.49. The second-order valence-electron chi connectivity index (χ2n) is 6.49. The molecule has 1 radical (unpaired) electrons. The summed E-state index contributed by atoms with van der Waals surface area (Å²) in [6, 6.07) is 0. The van der Waals surface area contributed by atoms with Gasteiger partial charge >= 0.3 is 0 Å². The molecule has 0 spiro atoms. The minimum atomic E-state index is 0.592. The number of rotatable bonds is 1. The molecule has 89 valence electrons. The van der Waals surface area contributed by atoms with Crippen molar-refractivity contribution in [3.8, 4) is 0 Å². The molecule has 0 unspecified atom stereocenters. The number of nitrogens with zero attached hydrogens (tertiary/aromatic N) is 1. The van der Waals surface area contributed by atoms with Gasteiger partial charge in [0.15, 0.2) is 0 Å². The fourth-order valence-corrected chi connectivity index (χ4v) is 5.15. The molecule has 0 aromatic carbocycles. The Morgan fingerprint density at radius 3 is 2.31 bits per heavy atom. The Bertz CT molecular complexity index is 247. The normalized spacial score (nSPS) is 52.1. The predicted octanol–water partition coefficient (Wildman–Crippen LogP) is 2.10. The summed E-state index contributed by atoms with van der Waals surface area (Å²) in [6.45, 7) is 4.30. The zero-order valence-corrected chi connectivity index (χ0v) is 10.0. The average molecular weight is 220 g/mol. The van der Waals surface area contributed by atoms with Crippen LogP contribution in [0.25, 0.3) is 0 Å². The standard InChI is InChI=1S/C14H22NO/c1-3-16-4-2-15(1)14-8-11-5-12(9-14)7-13(6-11)10-14/h5,11-13H,1-4,6-10H2/t11-,12+,13-,14+. The SMILES string of the molecule is [CH]1[C@@H]2C[C@@H]3C[C@H]1C[C@@](N1CCOCC1)(C2)C3. The summed E-state index contributed by atoms with van der Waals surface area (Å²) in [7, 11) is 0. The van der Waals surface area contributed by atoms with Crippen molar-refractivity contribution in [1.82, 2.24) is 4.90 Å². The van der Waals surface area contributed by atoms with Crippen LogP contribution in [0.2, 0.25) is 0 Å². The predicted molar refractivity (Wildman–Crippen MR) is 63.0 cm³/mol. The van der Waals surface area contributed by atoms with E-state index in [1.54, 1.807) is 0 Å². The highest BCUT2D eigenvalue weighted by molar-refractivity contribution is 5.13. The van der Waals surface area contributed by atoms with Crippen molar-refractivity contribution in [1.29, 1.82) is 0 Å². The molecule has 4 bridgehead atoms. The molecule has 4 aliphatic carbocycles. The fourth-order valence-electron chi connectivity index (χ4n) is 5.15. The third kappa shape index (κ3) is 1.39. The first kappa shape index (κ1) is 9.90. The maximum atomic E-state index is 5.51. The van der Waals surface area contributed by atoms with Crippen LogP contribution < -0.4 is 0 Å². The maximum Gasteiger partial charge on any atom is 0.0594 e. The minimum Gasteiger partial charge on any atom is -0.379 e. The largest absolute Gasteiger partial charge is 0.379 e. The van der Waals surface area contributed by atoms with Gasteiger partial charge in [-0.25, -0.2) is 0 Å². The summed E-state index contributed by atoms with van der Waals surface area (Å²) >= 11 is 0. The van der Waals surface area contributed by atoms with Crippen molar-refractivity contribution >= 4 is 0 Å². The van der Waals surface area contributed by atoms with Gasteiger partial charge in [0.2, 0.25) is 0 Å². The summed E-state index contributed by atoms with van der Waals surface area (Å²) in [5, 5.41) is 0. The van der Waals surface area contributed by atoms with Crippen molar-refractivity contribution in [2.45, 2.75) is 37.6 Å². The van der Waals surface area contributed by atoms with E-state index in [-0.39, 0.29) is 0 Å². The first-order chi connectivity index (χ1) is 7.84. The van der Waals surface area contributed by atoms with Gasteiger partial charge in [-0.05, 0) is 56.3 Å². The molecule has 1 aliphatic heterocycles. The lowest BCUT2D eigenvalue weighted by atomic mass is 9.52. The van der Waals surface area contributed by atoms with Gasteiger partial charge in [0.25, 0.3) is 0 Å². The quantitative estimate of drug-likeness (QED) is 0.671. The van der Waals surface area contributed by atoms with Crippen molar-refractivity contribution in [3.05, 3.63) is 6.42 Å². The zero-order valence-electron chi connectivity index (χ0n) is 10.0. The van der Waals surface area contributed by atoms with Gasteiger partial charge in [0.1, 0.15) is 0 Å². The first-order valence-electron chi connectivity index (χ1n) is 7.02. The third-order valence-electron chi connectivity index (χ3n) is 5.45. The van der Waals surface area contributed by atoms with Crippen molar-refractivity contribution < 1.29 is 4.74 Å². The van der Waals surface area contributed by atoms with Gasteiger partial charge < -0.3 is 4.74 Å². The molecule has 0 N–H and O–H groups in total. The molecule has 4 saturated carbocycles. The zero-order chi connectivity index (χ0) is 10.6. The van der Waals surface area contributed by atoms with Crippen LogP contribution in [0.15, 0.2) is 0 Å². The van der Waals surface area contributed by atoms with E-state index in [1.165, 1.54) is 45.2 Å². The molecule has 1 heterocycles. The number of hydrogen-bond acceptors (Lipinski definition) is 2. The Kier molecular flexibility index (Phi) is 2.14. The van der Waals surface area contributed by atoms with E-state index < -0.39 is 0 Å². The lowest BCUT2D eigenvalue weighted by Gasteiger charge is -2.61. The van der Waals surface area contributed by atoms with Gasteiger partial charge in [-0.15, -0.1) is 0 Å². The van der Waals surface area contributed by atoms with E-state index >= 15 is 0 Å². The van der Waals surface area contributed by atoms with E-state index in [1.807, 2.05) is 0 Å². The summed E-state index contributed by atoms with van der Waals surface area (Å²) in [4.78, 5) is 2.79. The minimum absolute atomic E-state index is 0.592. The highest BCUT2D eigenvalue weighted by Crippen LogP contribution is 2.57. The van der Waals surface area contributed by atoms with Gasteiger partial charge in [-0.2, -0.15) is 0 Å². The topological polar surface area (TPSA) is 12.5 Å². The van der Waals surface area contributed by atoms with E-state index in [0.29, 0.717) is 5.54 Å². The van der Waals surface area contributed by atoms with E-state index in [9.17, 15) is 0 Å². The molecule has 2 nitrogen and oxygen atoms in total. The summed E-state index contributed by atoms with van der Waals surface area (Å²) < 4.78 is 5.51. The van der Waals surface area contributed by atoms with Crippen LogP contribution in [0.1, 0.15) is 32.1 Å². The summed E-state index contributed by atoms with van der Waals surface area (Å²) in [5.74, 6) is 2.95. The molecular formula is C14H22NO. The van der Waals surface area contributed by atoms with Gasteiger partial charge in [0.05, 0.1) is 13.2 Å². The number of ether oxygens (including phenoxy) is 1. The molecular weight excluding hydrogens is 198 g/mol. The van der Waals surface area contributed by atoms with E-state index in [2.05, 4.69) is 11.3 Å². The molecule has 0 amide bonds. The average Bonchev–Trinajstić information content (AvgIpc) is 2.28. The molecule has 2 heteroatoms. The van der Waals surface area contributed by atoms with Crippen LogP contribution in [0.3, 0.4) is 0 Å². The van der Waals surface area contributed by atoms with Gasteiger partial charge in [-0.3, -0.25) is 4.90 Å². The lowest BCUT2D eigenvalue weighted by Crippen LogP contribution is -2.62. The maximum absolute atomic E-state index is 5.51. The molecule has 0 aromatic heterocycles. The Hall–Kier alpha value is -0.0800. The van der Waals surface area contributed by atoms with Crippen LogP contribution >= 0.6 is 0 Å². The van der Waals surface area contributed by atoms with E-state index in [0.717, 1.165) is 31.0 Å². The third-order valence-corrected chi connectivity index (χ3v) is 5.45. The Labute approximate surface area is 98.3 Å². The van der Waals surface area contributed by atoms with Crippen LogP contribution in [-0.2, 0) is 4.74 Å². The highest BCUT2D eigenvalue weighted by Gasteiger charge is 2.53. The lowest BCUT2D eigenvalue weighted by molar-refractivity contribution is -0.0990. The molecule has 16 heavy (non-hydrogen) atoms.